The zero-order valence-electron chi connectivity index (χ0n) is 16.8. The van der Waals surface area contributed by atoms with Gasteiger partial charge >= 0.3 is 38.4 Å². The molecular formula is C16H27N2NaO7SSi. The van der Waals surface area contributed by atoms with Gasteiger partial charge in [-0.3, -0.25) is 9.55 Å². The predicted molar refractivity (Wildman–Crippen MR) is 102 cm³/mol. The van der Waals surface area contributed by atoms with Gasteiger partial charge in [0.05, 0.1) is 10.9 Å². The molecule has 9 nitrogen and oxygen atoms in total. The molecule has 0 aliphatic heterocycles. The van der Waals surface area contributed by atoms with Gasteiger partial charge < -0.3 is 23.7 Å². The van der Waals surface area contributed by atoms with Crippen molar-refractivity contribution < 1.29 is 60.9 Å². The number of aliphatic imine (C=N–C) groups is 1. The Morgan fingerprint density at radius 3 is 2.04 bits per heavy atom. The number of benzene rings is 1. The molecule has 12 heteroatoms. The number of anilines is 1. The summed E-state index contributed by atoms with van der Waals surface area (Å²) < 4.78 is 48.1. The van der Waals surface area contributed by atoms with Gasteiger partial charge in [0.25, 0.3) is 10.1 Å². The maximum atomic E-state index is 11.9. The summed E-state index contributed by atoms with van der Waals surface area (Å²) in [5, 5.41) is 14.4. The number of hydrogen-bond acceptors (Lipinski definition) is 7. The van der Waals surface area contributed by atoms with Crippen LogP contribution in [0.2, 0.25) is 6.04 Å². The standard InChI is InChI=1S/C16H28N2O7SSi.Na/c1-4-23-27(24-5-2,25-6-3)13-7-12-17-16(19)18-14-8-10-15(11-9-14)26(20,21)22;/h8-11H,4-7,12-13H2,1-3H3,(H2,17,18,19)(H,20,21,22);/q;+1/p-1. The first-order valence-corrected chi connectivity index (χ1v) is 12.1. The minimum atomic E-state index is -4.26. The second-order valence-corrected chi connectivity index (χ2v) is 9.55. The van der Waals surface area contributed by atoms with Gasteiger partial charge in [-0.25, -0.2) is 0 Å². The van der Waals surface area contributed by atoms with Crippen LogP contribution in [0.25, 0.3) is 0 Å². The fourth-order valence-corrected chi connectivity index (χ4v) is 5.42. The molecule has 0 saturated carbocycles. The van der Waals surface area contributed by atoms with Crippen molar-refractivity contribution >= 4 is 30.6 Å². The van der Waals surface area contributed by atoms with Crippen LogP contribution in [-0.4, -0.2) is 54.2 Å². The minimum Gasteiger partial charge on any atom is -0.846 e. The van der Waals surface area contributed by atoms with Crippen molar-refractivity contribution in [1.82, 2.24) is 0 Å². The molecule has 0 atom stereocenters. The molecule has 0 aliphatic rings. The molecule has 1 aromatic rings. The largest absolute Gasteiger partial charge is 1.00 e. The summed E-state index contributed by atoms with van der Waals surface area (Å²) in [4.78, 5) is 3.66. The van der Waals surface area contributed by atoms with E-state index < -0.39 is 24.9 Å². The molecule has 154 valence electrons. The molecule has 1 aromatic carbocycles. The summed E-state index contributed by atoms with van der Waals surface area (Å²) in [6.45, 7) is 7.38. The molecule has 28 heavy (non-hydrogen) atoms. The average molecular weight is 443 g/mol. The molecule has 0 amide bonds. The van der Waals surface area contributed by atoms with Crippen LogP contribution in [0.15, 0.2) is 34.2 Å². The van der Waals surface area contributed by atoms with Gasteiger partial charge in [-0.05, 0) is 51.5 Å². The van der Waals surface area contributed by atoms with E-state index in [1.54, 1.807) is 0 Å². The second-order valence-electron chi connectivity index (χ2n) is 5.40. The Bertz CT molecular complexity index is 684. The van der Waals surface area contributed by atoms with Crippen molar-refractivity contribution in [1.29, 1.82) is 0 Å². The summed E-state index contributed by atoms with van der Waals surface area (Å²) in [6, 6.07) is 5.13. The van der Waals surface area contributed by atoms with Crippen molar-refractivity contribution in [3.63, 3.8) is 0 Å². The molecule has 0 saturated heterocycles. The maximum absolute atomic E-state index is 11.9. The molecule has 0 aliphatic carbocycles. The van der Waals surface area contributed by atoms with E-state index in [1.165, 1.54) is 24.3 Å². The number of nitrogens with zero attached hydrogens (tertiary/aromatic N) is 1. The molecule has 0 unspecified atom stereocenters. The molecule has 2 N–H and O–H groups in total. The minimum absolute atomic E-state index is 0. The second kappa shape index (κ2) is 13.7. The Morgan fingerprint density at radius 1 is 1.11 bits per heavy atom. The Morgan fingerprint density at radius 2 is 1.61 bits per heavy atom. The molecule has 0 bridgehead atoms. The van der Waals surface area contributed by atoms with Crippen LogP contribution in [-0.2, 0) is 23.4 Å². The number of hydrogen-bond donors (Lipinski definition) is 2. The molecule has 0 radical (unpaired) electrons. The van der Waals surface area contributed by atoms with Crippen molar-refractivity contribution in [3.05, 3.63) is 24.3 Å². The summed E-state index contributed by atoms with van der Waals surface area (Å²) in [7, 11) is -7.00. The SMILES string of the molecule is CCO[Si](CCCN=C([O-])Nc1ccc(S(=O)(=O)O)cc1)(OCC)OCC.[Na+]. The zero-order chi connectivity index (χ0) is 20.3. The number of nitrogens with one attached hydrogen (secondary N) is 1. The van der Waals surface area contributed by atoms with Crippen molar-refractivity contribution in [2.45, 2.75) is 38.1 Å². The van der Waals surface area contributed by atoms with Crippen LogP contribution < -0.4 is 40.0 Å². The first kappa shape index (κ1) is 27.5. The van der Waals surface area contributed by atoms with Crippen molar-refractivity contribution in [3.8, 4) is 0 Å². The molecule has 0 spiro atoms. The zero-order valence-corrected chi connectivity index (χ0v) is 20.6. The maximum Gasteiger partial charge on any atom is 1.00 e. The molecule has 0 heterocycles. The summed E-state index contributed by atoms with van der Waals surface area (Å²) in [5.74, 6) is 0. The van der Waals surface area contributed by atoms with Gasteiger partial charge in [-0.15, -0.1) is 0 Å². The monoisotopic (exact) mass is 442 g/mol. The van der Waals surface area contributed by atoms with Crippen molar-refractivity contribution in [2.75, 3.05) is 31.7 Å². The molecule has 0 fully saturated rings. The topological polar surface area (TPSA) is 130 Å². The van der Waals surface area contributed by atoms with Crippen LogP contribution >= 0.6 is 0 Å². The Labute approximate surface area is 189 Å². The van der Waals surface area contributed by atoms with Gasteiger partial charge in [0.1, 0.15) is 0 Å². The fraction of sp³-hybridized carbons (Fsp3) is 0.562. The van der Waals surface area contributed by atoms with Gasteiger partial charge in [0, 0.05) is 38.1 Å². The smallest absolute Gasteiger partial charge is 0.846 e. The van der Waals surface area contributed by atoms with Gasteiger partial charge in [0.15, 0.2) is 0 Å². The number of rotatable bonds is 12. The van der Waals surface area contributed by atoms with E-state index in [4.69, 9.17) is 17.8 Å². The Hall–Kier alpha value is -0.503. The number of amidine groups is 1. The Kier molecular flexibility index (Phi) is 13.4. The van der Waals surface area contributed by atoms with Crippen LogP contribution in [0.1, 0.15) is 27.2 Å². The third-order valence-corrected chi connectivity index (χ3v) is 7.41. The molecule has 0 aromatic heterocycles. The van der Waals surface area contributed by atoms with Crippen LogP contribution in [0.4, 0.5) is 5.69 Å². The van der Waals surface area contributed by atoms with E-state index in [2.05, 4.69) is 10.3 Å². The van der Waals surface area contributed by atoms with E-state index in [1.807, 2.05) is 20.8 Å². The van der Waals surface area contributed by atoms with Crippen LogP contribution in [0.5, 0.6) is 0 Å². The molecule has 1 rings (SSSR count). The van der Waals surface area contributed by atoms with Gasteiger partial charge in [0.2, 0.25) is 0 Å². The van der Waals surface area contributed by atoms with Crippen LogP contribution in [0.3, 0.4) is 0 Å². The quantitative estimate of drug-likeness (QED) is 0.132. The van der Waals surface area contributed by atoms with Gasteiger partial charge in [-0.1, -0.05) is 0 Å². The first-order valence-electron chi connectivity index (χ1n) is 8.74. The van der Waals surface area contributed by atoms with E-state index in [9.17, 15) is 13.5 Å². The third-order valence-electron chi connectivity index (χ3n) is 3.39. The average Bonchev–Trinajstić information content (AvgIpc) is 2.59. The Balaban J connectivity index is 0.00000729. The fourth-order valence-electron chi connectivity index (χ4n) is 2.35. The van der Waals surface area contributed by atoms with E-state index >= 15 is 0 Å². The molecular weight excluding hydrogens is 415 g/mol. The first-order chi connectivity index (χ1) is 12.8. The van der Waals surface area contributed by atoms with Crippen LogP contribution in [0, 0.1) is 0 Å². The summed E-state index contributed by atoms with van der Waals surface area (Å²) in [5.41, 5.74) is 0.373. The van der Waals surface area contributed by atoms with Gasteiger partial charge in [-0.2, -0.15) is 8.42 Å². The summed E-state index contributed by atoms with van der Waals surface area (Å²) >= 11 is 0. The van der Waals surface area contributed by atoms with Crippen molar-refractivity contribution in [2.24, 2.45) is 4.99 Å². The predicted octanol–water partition coefficient (Wildman–Crippen LogP) is -1.50. The normalized spacial score (nSPS) is 12.5. The van der Waals surface area contributed by atoms with E-state index in [0.29, 0.717) is 38.0 Å². The third kappa shape index (κ3) is 9.81. The van der Waals surface area contributed by atoms with E-state index in [0.717, 1.165) is 0 Å². The summed E-state index contributed by atoms with van der Waals surface area (Å²) in [6.07, 6.45) is 0.571. The van der Waals surface area contributed by atoms with E-state index in [-0.39, 0.29) is 41.0 Å².